The molecule has 0 saturated heterocycles. The lowest BCUT2D eigenvalue weighted by Gasteiger charge is -2.72. The average molecular weight is 598 g/mol. The maximum atomic E-state index is 14.1. The molecule has 5 rings (SSSR count). The summed E-state index contributed by atoms with van der Waals surface area (Å²) in [7, 11) is 0. The van der Waals surface area contributed by atoms with Gasteiger partial charge in [0.05, 0.1) is 5.41 Å². The highest BCUT2D eigenvalue weighted by Crippen LogP contribution is 2.77. The molecule has 5 fully saturated rings. The van der Waals surface area contributed by atoms with E-state index in [9.17, 15) is 14.4 Å². The van der Waals surface area contributed by atoms with Crippen LogP contribution in [0.15, 0.2) is 12.2 Å². The summed E-state index contributed by atoms with van der Waals surface area (Å²) in [5, 5.41) is 12.3. The van der Waals surface area contributed by atoms with E-state index in [2.05, 4.69) is 53.4 Å². The molecular formula is C37H59NO5. The molecule has 2 N–H and O–H groups in total. The Morgan fingerprint density at radius 2 is 1.56 bits per heavy atom. The number of esters is 1. The zero-order valence-electron chi connectivity index (χ0n) is 28.2. The largest absolute Gasteiger partial charge is 0.481 e. The number of carbonyl (C=O) groups is 3. The van der Waals surface area contributed by atoms with Crippen LogP contribution in [-0.2, 0) is 19.1 Å². The number of carboxylic acid groups (broad SMARTS) is 1. The molecule has 5 aliphatic carbocycles. The molecule has 0 aromatic heterocycles. The number of ether oxygens (including phenoxy) is 1. The Balaban J connectivity index is 1.42. The molecule has 1 amide bonds. The van der Waals surface area contributed by atoms with E-state index >= 15 is 0 Å². The second-order valence-corrected chi connectivity index (χ2v) is 16.9. The summed E-state index contributed by atoms with van der Waals surface area (Å²) in [6, 6.07) is 0. The Kier molecular flexibility index (Phi) is 8.47. The molecule has 0 aliphatic heterocycles. The molecule has 6 nitrogen and oxygen atoms in total. The van der Waals surface area contributed by atoms with E-state index in [-0.39, 0.29) is 51.5 Å². The molecule has 0 bridgehead atoms. The van der Waals surface area contributed by atoms with Crippen LogP contribution in [0.2, 0.25) is 0 Å². The van der Waals surface area contributed by atoms with Crippen molar-refractivity contribution in [1.29, 1.82) is 0 Å². The zero-order valence-corrected chi connectivity index (χ0v) is 28.2. The molecule has 0 unspecified atom stereocenters. The first-order chi connectivity index (χ1) is 20.0. The molecule has 43 heavy (non-hydrogen) atoms. The number of carboxylic acids is 1. The number of nitrogens with one attached hydrogen (secondary N) is 1. The van der Waals surface area contributed by atoms with E-state index in [0.29, 0.717) is 49.0 Å². The molecule has 0 aromatic carbocycles. The Labute approximate surface area is 260 Å². The van der Waals surface area contributed by atoms with Crippen molar-refractivity contribution < 1.29 is 24.2 Å². The number of allylic oxidation sites excluding steroid dienone is 1. The first kappa shape index (κ1) is 32.5. The Bertz CT molecular complexity index is 1150. The number of hydrogen-bond donors (Lipinski definition) is 2. The molecule has 242 valence electrons. The zero-order chi connectivity index (χ0) is 31.6. The summed E-state index contributed by atoms with van der Waals surface area (Å²) in [6.45, 7) is 21.3. The minimum absolute atomic E-state index is 0.00731. The van der Waals surface area contributed by atoms with E-state index in [1.165, 1.54) is 31.3 Å². The maximum absolute atomic E-state index is 14.1. The van der Waals surface area contributed by atoms with E-state index in [1.54, 1.807) is 6.92 Å². The summed E-state index contributed by atoms with van der Waals surface area (Å²) >= 11 is 0. The molecule has 5 aliphatic rings. The minimum atomic E-state index is -0.773. The lowest BCUT2D eigenvalue weighted by atomic mass is 9.32. The standard InChI is InChI=1S/C37H59NO5/c1-23(2)25-14-19-37(32(42)38-22-10-9-11-30(40)41)21-20-35(7)26(31(25)37)12-13-28-34(6)17-16-29(43-24(3)39)33(4,5)27(34)15-18-36(28,35)8/h25-29,31H,1,9-22H2,2-8H3,(H,38,42)(H,40,41)/t25-,26+,27-,28+,29-,31+,34-,35+,36+,37-/m0/s1. The first-order valence-electron chi connectivity index (χ1n) is 17.4. The number of unbranched alkanes of at least 4 members (excludes halogenated alkanes) is 1. The molecular weight excluding hydrogens is 538 g/mol. The SMILES string of the molecule is C=C(C)[C@@H]1CC[C@]2(C(=O)NCCCCC(=O)O)CC[C@]3(C)[C@H](CC[C@@H]4[C@@]5(C)CC[C@H](OC(C)=O)C(C)(C)[C@@H]5CC[C@]43C)[C@@H]12. The van der Waals surface area contributed by atoms with Crippen molar-refractivity contribution >= 4 is 17.8 Å². The third-order valence-corrected chi connectivity index (χ3v) is 14.9. The predicted octanol–water partition coefficient (Wildman–Crippen LogP) is 7.95. The highest BCUT2D eigenvalue weighted by molar-refractivity contribution is 5.84. The fraction of sp³-hybridized carbons (Fsp3) is 0.865. The highest BCUT2D eigenvalue weighted by Gasteiger charge is 2.72. The summed E-state index contributed by atoms with van der Waals surface area (Å²) in [5.74, 6) is 1.63. The third kappa shape index (κ3) is 4.90. The summed E-state index contributed by atoms with van der Waals surface area (Å²) < 4.78 is 5.92. The van der Waals surface area contributed by atoms with E-state index in [1.807, 2.05) is 0 Å². The normalized spacial score (nSPS) is 44.6. The maximum Gasteiger partial charge on any atom is 0.303 e. The lowest BCUT2D eigenvalue weighted by molar-refractivity contribution is -0.248. The van der Waals surface area contributed by atoms with Gasteiger partial charge < -0.3 is 15.2 Å². The van der Waals surface area contributed by atoms with Crippen molar-refractivity contribution in [2.24, 2.45) is 56.7 Å². The summed E-state index contributed by atoms with van der Waals surface area (Å²) in [5.41, 5.74) is 1.43. The van der Waals surface area contributed by atoms with E-state index in [0.717, 1.165) is 38.5 Å². The van der Waals surface area contributed by atoms with Gasteiger partial charge in [-0.05, 0) is 130 Å². The van der Waals surface area contributed by atoms with Gasteiger partial charge in [-0.2, -0.15) is 0 Å². The molecule has 0 heterocycles. The Morgan fingerprint density at radius 3 is 2.21 bits per heavy atom. The van der Waals surface area contributed by atoms with Crippen molar-refractivity contribution in [1.82, 2.24) is 5.32 Å². The topological polar surface area (TPSA) is 92.7 Å². The fourth-order valence-electron chi connectivity index (χ4n) is 12.7. The van der Waals surface area contributed by atoms with Gasteiger partial charge in [-0.3, -0.25) is 14.4 Å². The minimum Gasteiger partial charge on any atom is -0.481 e. The number of hydrogen-bond acceptors (Lipinski definition) is 4. The predicted molar refractivity (Wildman–Crippen MR) is 169 cm³/mol. The monoisotopic (exact) mass is 597 g/mol. The van der Waals surface area contributed by atoms with Crippen LogP contribution in [0.25, 0.3) is 0 Å². The van der Waals surface area contributed by atoms with Gasteiger partial charge in [0.1, 0.15) is 6.10 Å². The number of rotatable bonds is 8. The van der Waals surface area contributed by atoms with Crippen molar-refractivity contribution in [3.8, 4) is 0 Å². The molecule has 0 spiro atoms. The van der Waals surface area contributed by atoms with Crippen LogP contribution in [0.1, 0.15) is 132 Å². The van der Waals surface area contributed by atoms with Crippen molar-refractivity contribution in [3.63, 3.8) is 0 Å². The number of fused-ring (bicyclic) bond motifs is 7. The average Bonchev–Trinajstić information content (AvgIpc) is 3.31. The third-order valence-electron chi connectivity index (χ3n) is 14.9. The lowest BCUT2D eigenvalue weighted by Crippen LogP contribution is -2.67. The molecule has 5 saturated carbocycles. The number of amides is 1. The van der Waals surface area contributed by atoms with Crippen LogP contribution in [-0.4, -0.2) is 35.6 Å². The van der Waals surface area contributed by atoms with Gasteiger partial charge in [-0.1, -0.05) is 46.8 Å². The smallest absolute Gasteiger partial charge is 0.303 e. The molecule has 0 aromatic rings. The van der Waals surface area contributed by atoms with Crippen LogP contribution < -0.4 is 5.32 Å². The van der Waals surface area contributed by atoms with Gasteiger partial charge in [-0.15, -0.1) is 0 Å². The van der Waals surface area contributed by atoms with Crippen LogP contribution in [0, 0.1) is 56.7 Å². The van der Waals surface area contributed by atoms with E-state index in [4.69, 9.17) is 9.84 Å². The van der Waals surface area contributed by atoms with Gasteiger partial charge >= 0.3 is 11.9 Å². The van der Waals surface area contributed by atoms with Gasteiger partial charge in [0.15, 0.2) is 0 Å². The van der Waals surface area contributed by atoms with Gasteiger partial charge in [-0.25, -0.2) is 0 Å². The second-order valence-electron chi connectivity index (χ2n) is 16.9. The molecule has 10 atom stereocenters. The van der Waals surface area contributed by atoms with Crippen molar-refractivity contribution in [3.05, 3.63) is 12.2 Å². The van der Waals surface area contributed by atoms with Crippen LogP contribution in [0.3, 0.4) is 0 Å². The molecule has 0 radical (unpaired) electrons. The number of carbonyl (C=O) groups excluding carboxylic acids is 2. The van der Waals surface area contributed by atoms with Gasteiger partial charge in [0.25, 0.3) is 0 Å². The van der Waals surface area contributed by atoms with E-state index < -0.39 is 5.97 Å². The van der Waals surface area contributed by atoms with Crippen molar-refractivity contribution in [2.45, 2.75) is 138 Å². The van der Waals surface area contributed by atoms with Crippen LogP contribution >= 0.6 is 0 Å². The van der Waals surface area contributed by atoms with Crippen LogP contribution in [0.5, 0.6) is 0 Å². The summed E-state index contributed by atoms with van der Waals surface area (Å²) in [6.07, 6.45) is 12.3. The van der Waals surface area contributed by atoms with Gasteiger partial charge in [0.2, 0.25) is 5.91 Å². The Morgan fingerprint density at radius 1 is 0.837 bits per heavy atom. The quantitative estimate of drug-likeness (QED) is 0.168. The fourth-order valence-corrected chi connectivity index (χ4v) is 12.7. The highest BCUT2D eigenvalue weighted by atomic mass is 16.5. The Hall–Kier alpha value is -1.85. The van der Waals surface area contributed by atoms with Gasteiger partial charge in [0, 0.05) is 25.3 Å². The first-order valence-corrected chi connectivity index (χ1v) is 17.4. The second kappa shape index (κ2) is 11.2. The summed E-state index contributed by atoms with van der Waals surface area (Å²) in [4.78, 5) is 37.1. The molecule has 6 heteroatoms. The van der Waals surface area contributed by atoms with Crippen LogP contribution in [0.4, 0.5) is 0 Å². The van der Waals surface area contributed by atoms with Crippen molar-refractivity contribution in [2.75, 3.05) is 6.54 Å². The number of aliphatic carboxylic acids is 1.